The molecule has 1 aromatic carbocycles. The first-order valence-corrected chi connectivity index (χ1v) is 7.46. The van der Waals surface area contributed by atoms with Crippen molar-refractivity contribution in [2.45, 2.75) is 19.3 Å². The molecule has 0 bridgehead atoms. The van der Waals surface area contributed by atoms with Gasteiger partial charge in [-0.05, 0) is 37.0 Å². The molecular weight excluding hydrogens is 324 g/mol. The maximum Gasteiger partial charge on any atom is 0.306 e. The van der Waals surface area contributed by atoms with Gasteiger partial charge < -0.3 is 14.6 Å². The van der Waals surface area contributed by atoms with Crippen LogP contribution in [0.5, 0.6) is 0 Å². The first-order valence-electron chi connectivity index (χ1n) is 6.67. The van der Waals surface area contributed by atoms with E-state index in [1.165, 1.54) is 0 Å². The van der Waals surface area contributed by atoms with E-state index < -0.39 is 11.9 Å². The molecule has 0 aliphatic carbocycles. The Morgan fingerprint density at radius 1 is 1.25 bits per heavy atom. The number of carboxylic acid groups (broad SMARTS) is 1. The van der Waals surface area contributed by atoms with Gasteiger partial charge in [0, 0.05) is 31.4 Å². The van der Waals surface area contributed by atoms with Gasteiger partial charge in [-0.1, -0.05) is 28.1 Å². The third-order valence-electron chi connectivity index (χ3n) is 2.99. The molecule has 0 aliphatic heterocycles. The number of carboxylic acids is 1. The number of ether oxygens (including phenoxy) is 2. The highest BCUT2D eigenvalue weighted by atomic mass is 79.9. The van der Waals surface area contributed by atoms with E-state index in [1.54, 1.807) is 7.11 Å². The Kier molecular flexibility index (Phi) is 8.49. The standard InChI is InChI=1S/C15H21BrO4/c1-19-8-2-9-20-10-7-13(15(17)18)11-12-3-5-14(16)6-4-12/h3-6,13H,2,7-11H2,1H3,(H,17,18). The van der Waals surface area contributed by atoms with E-state index in [-0.39, 0.29) is 0 Å². The molecule has 0 radical (unpaired) electrons. The van der Waals surface area contributed by atoms with Gasteiger partial charge in [0.1, 0.15) is 0 Å². The number of carbonyl (C=O) groups is 1. The van der Waals surface area contributed by atoms with Crippen LogP contribution >= 0.6 is 15.9 Å². The van der Waals surface area contributed by atoms with E-state index in [1.807, 2.05) is 24.3 Å². The third kappa shape index (κ3) is 7.03. The van der Waals surface area contributed by atoms with Crippen LogP contribution in [-0.2, 0) is 20.7 Å². The number of methoxy groups -OCH3 is 1. The predicted octanol–water partition coefficient (Wildman–Crippen LogP) is 3.14. The minimum Gasteiger partial charge on any atom is -0.481 e. The van der Waals surface area contributed by atoms with Gasteiger partial charge in [0.2, 0.25) is 0 Å². The van der Waals surface area contributed by atoms with Gasteiger partial charge in [-0.15, -0.1) is 0 Å². The van der Waals surface area contributed by atoms with Crippen LogP contribution < -0.4 is 0 Å². The van der Waals surface area contributed by atoms with E-state index in [9.17, 15) is 9.90 Å². The first kappa shape index (κ1) is 17.1. The predicted molar refractivity (Wildman–Crippen MR) is 80.9 cm³/mol. The number of hydrogen-bond acceptors (Lipinski definition) is 3. The van der Waals surface area contributed by atoms with Gasteiger partial charge in [0.15, 0.2) is 0 Å². The van der Waals surface area contributed by atoms with Crippen molar-refractivity contribution in [2.75, 3.05) is 26.9 Å². The zero-order valence-electron chi connectivity index (χ0n) is 11.7. The Hall–Kier alpha value is -0.910. The monoisotopic (exact) mass is 344 g/mol. The van der Waals surface area contributed by atoms with Gasteiger partial charge in [-0.3, -0.25) is 4.79 Å². The molecule has 0 aromatic heterocycles. The number of rotatable bonds is 10. The average Bonchev–Trinajstić information content (AvgIpc) is 2.43. The Morgan fingerprint density at radius 2 is 1.95 bits per heavy atom. The minimum atomic E-state index is -0.770. The highest BCUT2D eigenvalue weighted by molar-refractivity contribution is 9.10. The zero-order chi connectivity index (χ0) is 14.8. The van der Waals surface area contributed by atoms with Crippen molar-refractivity contribution in [3.05, 3.63) is 34.3 Å². The smallest absolute Gasteiger partial charge is 0.306 e. The molecule has 1 N–H and O–H groups in total. The van der Waals surface area contributed by atoms with Gasteiger partial charge in [0.25, 0.3) is 0 Å². The summed E-state index contributed by atoms with van der Waals surface area (Å²) in [4.78, 5) is 11.3. The maximum atomic E-state index is 11.3. The summed E-state index contributed by atoms with van der Waals surface area (Å²) in [5.74, 6) is -1.17. The summed E-state index contributed by atoms with van der Waals surface area (Å²) in [6.07, 6.45) is 1.89. The van der Waals surface area contributed by atoms with E-state index in [4.69, 9.17) is 9.47 Å². The molecule has 0 saturated carbocycles. The Balaban J connectivity index is 2.33. The van der Waals surface area contributed by atoms with Crippen LogP contribution in [0.4, 0.5) is 0 Å². The largest absolute Gasteiger partial charge is 0.481 e. The zero-order valence-corrected chi connectivity index (χ0v) is 13.3. The van der Waals surface area contributed by atoms with Crippen LogP contribution in [0.15, 0.2) is 28.7 Å². The summed E-state index contributed by atoms with van der Waals surface area (Å²) in [5, 5.41) is 9.25. The van der Waals surface area contributed by atoms with Crippen molar-refractivity contribution in [1.29, 1.82) is 0 Å². The lowest BCUT2D eigenvalue weighted by Gasteiger charge is -2.12. The van der Waals surface area contributed by atoms with E-state index >= 15 is 0 Å². The SMILES string of the molecule is COCCCOCCC(Cc1ccc(Br)cc1)C(=O)O. The lowest BCUT2D eigenvalue weighted by atomic mass is 9.97. The van der Waals surface area contributed by atoms with Crippen molar-refractivity contribution in [2.24, 2.45) is 5.92 Å². The summed E-state index contributed by atoms with van der Waals surface area (Å²) in [5.41, 5.74) is 1.03. The lowest BCUT2D eigenvalue weighted by molar-refractivity contribution is -0.142. The van der Waals surface area contributed by atoms with Crippen molar-refractivity contribution in [1.82, 2.24) is 0 Å². The van der Waals surface area contributed by atoms with Crippen molar-refractivity contribution >= 4 is 21.9 Å². The van der Waals surface area contributed by atoms with Crippen molar-refractivity contribution < 1.29 is 19.4 Å². The molecule has 1 aromatic rings. The van der Waals surface area contributed by atoms with Gasteiger partial charge in [-0.25, -0.2) is 0 Å². The molecule has 0 heterocycles. The van der Waals surface area contributed by atoms with Crippen LogP contribution in [-0.4, -0.2) is 38.0 Å². The molecular formula is C15H21BrO4. The summed E-state index contributed by atoms with van der Waals surface area (Å²) >= 11 is 3.37. The normalized spacial score (nSPS) is 12.3. The summed E-state index contributed by atoms with van der Waals surface area (Å²) < 4.78 is 11.3. The van der Waals surface area contributed by atoms with Crippen LogP contribution in [0.25, 0.3) is 0 Å². The molecule has 112 valence electrons. The summed E-state index contributed by atoms with van der Waals surface area (Å²) in [6, 6.07) is 7.74. The quantitative estimate of drug-likeness (QED) is 0.662. The molecule has 0 aliphatic rings. The molecule has 0 fully saturated rings. The Morgan fingerprint density at radius 3 is 2.55 bits per heavy atom. The molecule has 5 heteroatoms. The number of halogens is 1. The number of benzene rings is 1. The lowest BCUT2D eigenvalue weighted by Crippen LogP contribution is -2.19. The second-order valence-corrected chi connectivity index (χ2v) is 5.53. The van der Waals surface area contributed by atoms with E-state index in [0.717, 1.165) is 16.5 Å². The minimum absolute atomic E-state index is 0.404. The van der Waals surface area contributed by atoms with Gasteiger partial charge >= 0.3 is 5.97 Å². The van der Waals surface area contributed by atoms with Crippen molar-refractivity contribution in [3.8, 4) is 0 Å². The fourth-order valence-electron chi connectivity index (χ4n) is 1.85. The van der Waals surface area contributed by atoms with Crippen LogP contribution in [0.2, 0.25) is 0 Å². The highest BCUT2D eigenvalue weighted by Crippen LogP contribution is 2.16. The van der Waals surface area contributed by atoms with Crippen LogP contribution in [0, 0.1) is 5.92 Å². The molecule has 1 atom stereocenters. The fourth-order valence-corrected chi connectivity index (χ4v) is 2.12. The second kappa shape index (κ2) is 9.91. The summed E-state index contributed by atoms with van der Waals surface area (Å²) in [7, 11) is 1.65. The van der Waals surface area contributed by atoms with Crippen LogP contribution in [0.3, 0.4) is 0 Å². The fraction of sp³-hybridized carbons (Fsp3) is 0.533. The Bertz CT molecular complexity index is 391. The molecule has 1 unspecified atom stereocenters. The van der Waals surface area contributed by atoms with Crippen LogP contribution in [0.1, 0.15) is 18.4 Å². The number of aliphatic carboxylic acids is 1. The molecule has 0 amide bonds. The summed E-state index contributed by atoms with van der Waals surface area (Å²) in [6.45, 7) is 1.75. The second-order valence-electron chi connectivity index (χ2n) is 4.61. The van der Waals surface area contributed by atoms with Gasteiger partial charge in [0.05, 0.1) is 5.92 Å². The highest BCUT2D eigenvalue weighted by Gasteiger charge is 2.17. The Labute approximate surface area is 128 Å². The molecule has 0 spiro atoms. The number of hydrogen-bond donors (Lipinski definition) is 1. The molecule has 0 saturated heterocycles. The van der Waals surface area contributed by atoms with E-state index in [2.05, 4.69) is 15.9 Å². The van der Waals surface area contributed by atoms with Gasteiger partial charge in [-0.2, -0.15) is 0 Å². The third-order valence-corrected chi connectivity index (χ3v) is 3.52. The topological polar surface area (TPSA) is 55.8 Å². The first-order chi connectivity index (χ1) is 9.63. The average molecular weight is 345 g/mol. The maximum absolute atomic E-state index is 11.3. The molecule has 1 rings (SSSR count). The molecule has 20 heavy (non-hydrogen) atoms. The molecule has 4 nitrogen and oxygen atoms in total. The van der Waals surface area contributed by atoms with Crippen molar-refractivity contribution in [3.63, 3.8) is 0 Å². The van der Waals surface area contributed by atoms with E-state index in [0.29, 0.717) is 32.7 Å².